The number of pyridine rings is 1. The first-order chi connectivity index (χ1) is 12.9. The van der Waals surface area contributed by atoms with Crippen molar-refractivity contribution in [1.29, 1.82) is 0 Å². The summed E-state index contributed by atoms with van der Waals surface area (Å²) in [6.07, 6.45) is -1.09. The van der Waals surface area contributed by atoms with Gasteiger partial charge in [-0.15, -0.1) is 0 Å². The van der Waals surface area contributed by atoms with E-state index in [0.717, 1.165) is 4.68 Å². The maximum atomic E-state index is 12.6. The monoisotopic (exact) mass is 393 g/mol. The Morgan fingerprint density at radius 1 is 1.37 bits per heavy atom. The highest BCUT2D eigenvalue weighted by Gasteiger charge is 2.15. The summed E-state index contributed by atoms with van der Waals surface area (Å²) >= 11 is 6.16. The number of aromatic nitrogens is 3. The molecule has 0 aliphatic carbocycles. The van der Waals surface area contributed by atoms with Gasteiger partial charge in [-0.1, -0.05) is 11.6 Å². The molecule has 10 heteroatoms. The summed E-state index contributed by atoms with van der Waals surface area (Å²) in [7, 11) is 1.60. The average Bonchev–Trinajstić information content (AvgIpc) is 2.65. The molecular formula is C17H14ClF2N5O2. The molecule has 0 bridgehead atoms. The summed E-state index contributed by atoms with van der Waals surface area (Å²) < 4.78 is 30.5. The van der Waals surface area contributed by atoms with Crippen molar-refractivity contribution in [3.63, 3.8) is 0 Å². The number of fused-ring (bicyclic) bond motifs is 1. The Labute approximate surface area is 157 Å². The van der Waals surface area contributed by atoms with Gasteiger partial charge in [0.1, 0.15) is 16.1 Å². The van der Waals surface area contributed by atoms with Crippen LogP contribution in [-0.4, -0.2) is 41.1 Å². The summed E-state index contributed by atoms with van der Waals surface area (Å²) in [6, 6.07) is 7.74. The van der Waals surface area contributed by atoms with Crippen molar-refractivity contribution in [2.24, 2.45) is 4.99 Å². The van der Waals surface area contributed by atoms with Crippen LogP contribution in [0.4, 0.5) is 14.5 Å². The smallest absolute Gasteiger partial charge is 0.292 e. The molecule has 0 aliphatic rings. The van der Waals surface area contributed by atoms with Crippen LogP contribution in [0, 0.1) is 0 Å². The van der Waals surface area contributed by atoms with Gasteiger partial charge in [-0.3, -0.25) is 9.79 Å². The number of benzene rings is 1. The lowest BCUT2D eigenvalue weighted by molar-refractivity contribution is 0.0798. The molecule has 0 saturated carbocycles. The number of anilines is 1. The van der Waals surface area contributed by atoms with Crippen LogP contribution in [0.15, 0.2) is 40.1 Å². The molecule has 2 heterocycles. The van der Waals surface area contributed by atoms with E-state index in [4.69, 9.17) is 22.1 Å². The third kappa shape index (κ3) is 3.87. The van der Waals surface area contributed by atoms with Gasteiger partial charge in [0.25, 0.3) is 12.0 Å². The minimum absolute atomic E-state index is 0.0653. The molecule has 0 saturated heterocycles. The second-order valence-electron chi connectivity index (χ2n) is 5.45. The Kier molecular flexibility index (Phi) is 5.31. The Hall–Kier alpha value is -3.07. The highest BCUT2D eigenvalue weighted by atomic mass is 35.5. The van der Waals surface area contributed by atoms with Crippen LogP contribution in [0.2, 0.25) is 5.02 Å². The lowest BCUT2D eigenvalue weighted by Gasteiger charge is -2.10. The fourth-order valence-electron chi connectivity index (χ4n) is 2.37. The minimum atomic E-state index is -2.64. The highest BCUT2D eigenvalue weighted by molar-refractivity contribution is 6.34. The van der Waals surface area contributed by atoms with Gasteiger partial charge >= 0.3 is 0 Å². The number of ether oxygens (including phenoxy) is 1. The molecule has 0 spiro atoms. The topological polar surface area (TPSA) is 95.4 Å². The van der Waals surface area contributed by atoms with E-state index in [1.165, 1.54) is 12.1 Å². The predicted molar refractivity (Wildman–Crippen MR) is 99.6 cm³/mol. The Morgan fingerprint density at radius 3 is 2.85 bits per heavy atom. The van der Waals surface area contributed by atoms with Crippen molar-refractivity contribution in [3.05, 3.63) is 51.3 Å². The first-order valence-corrected chi connectivity index (χ1v) is 8.11. The van der Waals surface area contributed by atoms with Crippen LogP contribution < -0.4 is 16.0 Å². The number of alkyl halides is 2. The third-order valence-corrected chi connectivity index (χ3v) is 3.93. The first kappa shape index (κ1) is 18.7. The lowest BCUT2D eigenvalue weighted by atomic mass is 10.1. The van der Waals surface area contributed by atoms with Crippen LogP contribution in [0.5, 0.6) is 5.88 Å². The zero-order chi connectivity index (χ0) is 19.6. The third-order valence-electron chi connectivity index (χ3n) is 3.58. The molecule has 0 atom stereocenters. The molecule has 0 unspecified atom stereocenters. The highest BCUT2D eigenvalue weighted by Crippen LogP contribution is 2.22. The Balaban J connectivity index is 2.11. The van der Waals surface area contributed by atoms with Crippen LogP contribution >= 0.6 is 11.6 Å². The van der Waals surface area contributed by atoms with Crippen molar-refractivity contribution < 1.29 is 13.5 Å². The van der Waals surface area contributed by atoms with Crippen LogP contribution in [-0.2, 0) is 0 Å². The lowest BCUT2D eigenvalue weighted by Crippen LogP contribution is -2.22. The van der Waals surface area contributed by atoms with Gasteiger partial charge in [-0.05, 0) is 24.3 Å². The second kappa shape index (κ2) is 7.67. The molecule has 2 N–H and O–H groups in total. The molecule has 0 amide bonds. The van der Waals surface area contributed by atoms with Gasteiger partial charge in [0, 0.05) is 30.6 Å². The molecule has 2 aromatic heterocycles. The SMILES string of the molecule is CN=Cc1cc(-n2nc3ccc(OCC(F)F)nc3c(Cl)c2=O)ccc1N. The zero-order valence-corrected chi connectivity index (χ0v) is 14.8. The van der Waals surface area contributed by atoms with E-state index in [9.17, 15) is 13.6 Å². The van der Waals surface area contributed by atoms with E-state index in [1.54, 1.807) is 31.5 Å². The maximum absolute atomic E-state index is 12.6. The fourth-order valence-corrected chi connectivity index (χ4v) is 2.59. The standard InChI is InChI=1S/C17H14ClF2N5O2/c1-22-7-9-6-10(2-3-11(9)21)25-17(26)15(18)16-12(24-25)4-5-14(23-16)27-8-13(19)20/h2-7,13H,8,21H2,1H3. The van der Waals surface area contributed by atoms with Gasteiger partial charge in [0.15, 0.2) is 6.61 Å². The largest absolute Gasteiger partial charge is 0.472 e. The molecule has 0 aliphatic heterocycles. The van der Waals surface area contributed by atoms with Gasteiger partial charge in [-0.25, -0.2) is 13.8 Å². The maximum Gasteiger partial charge on any atom is 0.292 e. The molecule has 0 fully saturated rings. The van der Waals surface area contributed by atoms with Crippen molar-refractivity contribution in [2.75, 3.05) is 19.4 Å². The van der Waals surface area contributed by atoms with E-state index in [1.807, 2.05) is 0 Å². The number of aliphatic imine (C=N–C) groups is 1. The molecular weight excluding hydrogens is 380 g/mol. The van der Waals surface area contributed by atoms with E-state index >= 15 is 0 Å². The summed E-state index contributed by atoms with van der Waals surface area (Å²) in [6.45, 7) is -0.812. The molecule has 140 valence electrons. The number of hydrogen-bond acceptors (Lipinski definition) is 6. The van der Waals surface area contributed by atoms with Crippen molar-refractivity contribution in [2.45, 2.75) is 6.43 Å². The number of nitrogens with two attached hydrogens (primary N) is 1. The Bertz CT molecular complexity index is 1080. The molecule has 7 nitrogen and oxygen atoms in total. The summed E-state index contributed by atoms with van der Waals surface area (Å²) in [5, 5.41) is 4.04. The number of nitrogens with zero attached hydrogens (tertiary/aromatic N) is 4. The van der Waals surface area contributed by atoms with Crippen LogP contribution in [0.3, 0.4) is 0 Å². The zero-order valence-electron chi connectivity index (χ0n) is 14.1. The summed E-state index contributed by atoms with van der Waals surface area (Å²) in [4.78, 5) is 20.5. The molecule has 0 radical (unpaired) electrons. The van der Waals surface area contributed by atoms with E-state index < -0.39 is 18.6 Å². The van der Waals surface area contributed by atoms with E-state index in [2.05, 4.69) is 15.1 Å². The fraction of sp³-hybridized carbons (Fsp3) is 0.176. The molecule has 1 aromatic carbocycles. The van der Waals surface area contributed by atoms with Crippen LogP contribution in [0.1, 0.15) is 5.56 Å². The van der Waals surface area contributed by atoms with E-state index in [-0.39, 0.29) is 16.4 Å². The second-order valence-corrected chi connectivity index (χ2v) is 5.83. The molecule has 3 rings (SSSR count). The predicted octanol–water partition coefficient (Wildman–Crippen LogP) is 2.71. The van der Waals surface area contributed by atoms with Gasteiger partial charge in [0.2, 0.25) is 5.88 Å². The van der Waals surface area contributed by atoms with Crippen molar-refractivity contribution in [3.8, 4) is 11.6 Å². The normalized spacial score (nSPS) is 11.6. The van der Waals surface area contributed by atoms with Gasteiger partial charge < -0.3 is 10.5 Å². The number of rotatable bonds is 5. The van der Waals surface area contributed by atoms with Gasteiger partial charge in [0.05, 0.1) is 5.69 Å². The number of halogens is 3. The quantitative estimate of drug-likeness (QED) is 0.531. The average molecular weight is 394 g/mol. The number of hydrogen-bond donors (Lipinski definition) is 1. The van der Waals surface area contributed by atoms with Gasteiger partial charge in [-0.2, -0.15) is 9.78 Å². The minimum Gasteiger partial charge on any atom is -0.472 e. The van der Waals surface area contributed by atoms with Crippen molar-refractivity contribution in [1.82, 2.24) is 14.8 Å². The van der Waals surface area contributed by atoms with Crippen molar-refractivity contribution >= 4 is 34.5 Å². The van der Waals surface area contributed by atoms with Crippen LogP contribution in [0.25, 0.3) is 16.7 Å². The molecule has 3 aromatic rings. The summed E-state index contributed by atoms with van der Waals surface area (Å²) in [5.74, 6) is -0.0717. The molecule has 27 heavy (non-hydrogen) atoms. The number of nitrogen functional groups attached to an aromatic ring is 1. The first-order valence-electron chi connectivity index (χ1n) is 7.73. The van der Waals surface area contributed by atoms with E-state index in [0.29, 0.717) is 22.5 Å². The Morgan fingerprint density at radius 2 is 2.15 bits per heavy atom. The summed E-state index contributed by atoms with van der Waals surface area (Å²) in [5.41, 5.74) is 7.17.